The zero-order valence-electron chi connectivity index (χ0n) is 14.4. The molecule has 2 aromatic heterocycles. The maximum absolute atomic E-state index is 13.6. The van der Waals surface area contributed by atoms with Crippen molar-refractivity contribution in [2.24, 2.45) is 5.73 Å². The molecule has 3 heterocycles. The number of hydrogen-bond acceptors (Lipinski definition) is 7. The summed E-state index contributed by atoms with van der Waals surface area (Å²) in [5.74, 6) is 0.114. The van der Waals surface area contributed by atoms with Crippen LogP contribution in [0.4, 0.5) is 9.52 Å². The van der Waals surface area contributed by atoms with Crippen molar-refractivity contribution in [1.82, 2.24) is 14.6 Å². The normalized spacial score (nSPS) is 20.2. The number of fused-ring (bicyclic) bond motifs is 1. The van der Waals surface area contributed by atoms with Gasteiger partial charge in [-0.3, -0.25) is 0 Å². The summed E-state index contributed by atoms with van der Waals surface area (Å²) >= 11 is 1.46. The van der Waals surface area contributed by atoms with E-state index in [2.05, 4.69) is 15.0 Å². The average Bonchev–Trinajstić information content (AvgIpc) is 3.30. The van der Waals surface area contributed by atoms with Crippen LogP contribution in [0.5, 0.6) is 5.75 Å². The summed E-state index contributed by atoms with van der Waals surface area (Å²) in [6.07, 6.45) is 2.42. The second-order valence-electron chi connectivity index (χ2n) is 6.49. The van der Waals surface area contributed by atoms with Gasteiger partial charge in [0, 0.05) is 24.7 Å². The smallest absolute Gasteiger partial charge is 0.214 e. The minimum atomic E-state index is -0.588. The first-order chi connectivity index (χ1) is 12.5. The number of rotatable bonds is 5. The largest absolute Gasteiger partial charge is 0.493 e. The summed E-state index contributed by atoms with van der Waals surface area (Å²) in [5.41, 5.74) is 7.05. The summed E-state index contributed by atoms with van der Waals surface area (Å²) in [7, 11) is 0. The van der Waals surface area contributed by atoms with Crippen molar-refractivity contribution >= 4 is 21.4 Å². The van der Waals surface area contributed by atoms with Crippen molar-refractivity contribution in [2.75, 3.05) is 31.2 Å². The maximum Gasteiger partial charge on any atom is 0.214 e. The van der Waals surface area contributed by atoms with Crippen LogP contribution >= 0.6 is 11.3 Å². The minimum absolute atomic E-state index is 0.0510. The number of anilines is 1. The van der Waals surface area contributed by atoms with Gasteiger partial charge in [-0.05, 0) is 25.5 Å². The number of aliphatic hydroxyl groups is 1. The average molecular weight is 377 g/mol. The highest BCUT2D eigenvalue weighted by Gasteiger charge is 2.35. The number of halogens is 1. The van der Waals surface area contributed by atoms with Crippen molar-refractivity contribution < 1.29 is 14.2 Å². The fourth-order valence-corrected chi connectivity index (χ4v) is 4.07. The molecule has 0 aliphatic carbocycles. The highest BCUT2D eigenvalue weighted by Crippen LogP contribution is 2.35. The number of benzene rings is 1. The Morgan fingerprint density at radius 3 is 3.04 bits per heavy atom. The van der Waals surface area contributed by atoms with Crippen LogP contribution in [0.1, 0.15) is 13.3 Å². The Hall–Kier alpha value is -2.23. The van der Waals surface area contributed by atoms with Crippen molar-refractivity contribution in [3.63, 3.8) is 0 Å². The van der Waals surface area contributed by atoms with E-state index >= 15 is 0 Å². The minimum Gasteiger partial charge on any atom is -0.493 e. The van der Waals surface area contributed by atoms with Gasteiger partial charge in [-0.15, -0.1) is 5.10 Å². The molecular formula is C17H20FN5O2S. The van der Waals surface area contributed by atoms with E-state index in [1.54, 1.807) is 16.8 Å². The topological polar surface area (TPSA) is 88.9 Å². The van der Waals surface area contributed by atoms with Gasteiger partial charge in [0.15, 0.2) is 0 Å². The Balaban J connectivity index is 1.72. The number of hydrogen-bond donors (Lipinski definition) is 2. The van der Waals surface area contributed by atoms with Crippen LogP contribution in [0.2, 0.25) is 0 Å². The number of aromatic nitrogens is 3. The Labute approximate surface area is 153 Å². The van der Waals surface area contributed by atoms with Gasteiger partial charge in [-0.25, -0.2) is 13.9 Å². The molecule has 3 aromatic rings. The summed E-state index contributed by atoms with van der Waals surface area (Å²) in [6, 6.07) is 4.44. The molecule has 1 fully saturated rings. The van der Waals surface area contributed by atoms with Gasteiger partial charge in [0.1, 0.15) is 11.6 Å². The summed E-state index contributed by atoms with van der Waals surface area (Å²) < 4.78 is 20.9. The third-order valence-electron chi connectivity index (χ3n) is 4.57. The molecule has 0 spiro atoms. The lowest BCUT2D eigenvalue weighted by Crippen LogP contribution is -2.46. The molecule has 0 amide bonds. The van der Waals surface area contributed by atoms with Crippen LogP contribution in [-0.4, -0.2) is 51.5 Å². The van der Waals surface area contributed by atoms with E-state index < -0.39 is 5.54 Å². The van der Waals surface area contributed by atoms with E-state index in [0.29, 0.717) is 25.3 Å². The van der Waals surface area contributed by atoms with Crippen LogP contribution in [0.3, 0.4) is 0 Å². The van der Waals surface area contributed by atoms with Gasteiger partial charge in [-0.1, -0.05) is 11.3 Å². The van der Waals surface area contributed by atoms with Gasteiger partial charge >= 0.3 is 0 Å². The van der Waals surface area contributed by atoms with Crippen LogP contribution < -0.4 is 15.4 Å². The second kappa shape index (κ2) is 6.49. The van der Waals surface area contributed by atoms with Gasteiger partial charge in [-0.2, -0.15) is 0 Å². The number of ether oxygens (including phenoxy) is 1. The van der Waals surface area contributed by atoms with Crippen molar-refractivity contribution in [2.45, 2.75) is 18.9 Å². The monoisotopic (exact) mass is 377 g/mol. The number of nitrogens with two attached hydrogens (primary N) is 1. The molecule has 26 heavy (non-hydrogen) atoms. The fraction of sp³-hybridized carbons (Fsp3) is 0.412. The van der Waals surface area contributed by atoms with Crippen LogP contribution in [0.25, 0.3) is 16.2 Å². The second-order valence-corrected chi connectivity index (χ2v) is 7.42. The van der Waals surface area contributed by atoms with E-state index in [0.717, 1.165) is 27.9 Å². The van der Waals surface area contributed by atoms with Crippen molar-refractivity contribution in [3.05, 3.63) is 30.2 Å². The lowest BCUT2D eigenvalue weighted by Gasteiger charge is -2.21. The predicted octanol–water partition coefficient (Wildman–Crippen LogP) is 1.90. The first-order valence-electron chi connectivity index (χ1n) is 8.45. The van der Waals surface area contributed by atoms with E-state index in [9.17, 15) is 9.50 Å². The van der Waals surface area contributed by atoms with E-state index in [1.165, 1.54) is 23.5 Å². The molecule has 0 radical (unpaired) electrons. The lowest BCUT2D eigenvalue weighted by atomic mass is 10.0. The first-order valence-corrected chi connectivity index (χ1v) is 9.26. The third kappa shape index (κ3) is 2.91. The molecule has 0 saturated carbocycles. The van der Waals surface area contributed by atoms with Gasteiger partial charge in [0.05, 0.1) is 30.6 Å². The van der Waals surface area contributed by atoms with Crippen LogP contribution in [0.15, 0.2) is 24.4 Å². The van der Waals surface area contributed by atoms with Gasteiger partial charge in [0.2, 0.25) is 10.1 Å². The Morgan fingerprint density at radius 2 is 2.31 bits per heavy atom. The molecule has 138 valence electrons. The van der Waals surface area contributed by atoms with E-state index in [1.807, 2.05) is 6.92 Å². The third-order valence-corrected chi connectivity index (χ3v) is 5.55. The molecule has 1 atom stereocenters. The van der Waals surface area contributed by atoms with E-state index in [4.69, 9.17) is 10.5 Å². The molecule has 1 aliphatic heterocycles. The lowest BCUT2D eigenvalue weighted by molar-refractivity contribution is 0.210. The molecule has 0 unspecified atom stereocenters. The van der Waals surface area contributed by atoms with Gasteiger partial charge < -0.3 is 20.5 Å². The molecular weight excluding hydrogens is 357 g/mol. The highest BCUT2D eigenvalue weighted by molar-refractivity contribution is 7.20. The highest BCUT2D eigenvalue weighted by atomic mass is 32.1. The number of aliphatic hydroxyl groups excluding tert-OH is 1. The number of nitrogens with zero attached hydrogens (tertiary/aromatic N) is 4. The Bertz CT molecular complexity index is 943. The molecule has 7 nitrogen and oxygen atoms in total. The van der Waals surface area contributed by atoms with E-state index in [-0.39, 0.29) is 12.4 Å². The van der Waals surface area contributed by atoms with Crippen LogP contribution in [-0.2, 0) is 0 Å². The molecule has 1 saturated heterocycles. The Morgan fingerprint density at radius 1 is 1.46 bits per heavy atom. The van der Waals surface area contributed by atoms with Crippen LogP contribution in [0, 0.1) is 5.82 Å². The maximum atomic E-state index is 13.6. The molecule has 4 rings (SSSR count). The molecule has 1 aromatic carbocycles. The quantitative estimate of drug-likeness (QED) is 0.706. The summed E-state index contributed by atoms with van der Waals surface area (Å²) in [4.78, 5) is 7.23. The molecule has 0 bridgehead atoms. The molecule has 1 aliphatic rings. The zero-order chi connectivity index (χ0) is 18.3. The standard InChI is InChI=1S/C17H20FN5O2S/c1-2-25-14-7-11(18)3-4-12(14)13-8-20-15-23(13)21-16(26-15)22-6-5-17(19,9-22)10-24/h3-4,7-8,24H,2,5-6,9-10,19H2,1H3/t17-/m0/s1. The molecule has 9 heteroatoms. The fourth-order valence-electron chi connectivity index (χ4n) is 3.16. The first kappa shape index (κ1) is 17.2. The summed E-state index contributed by atoms with van der Waals surface area (Å²) in [5, 5.41) is 14.9. The SMILES string of the molecule is CCOc1cc(F)ccc1-c1cnc2sc(N3CC[C@@](N)(CO)C3)nn12. The van der Waals surface area contributed by atoms with Gasteiger partial charge in [0.25, 0.3) is 0 Å². The van der Waals surface area contributed by atoms with Crippen molar-refractivity contribution in [1.29, 1.82) is 0 Å². The number of imidazole rings is 1. The summed E-state index contributed by atoms with van der Waals surface area (Å²) in [6.45, 7) is 3.54. The Kier molecular flexibility index (Phi) is 4.29. The van der Waals surface area contributed by atoms with Crippen molar-refractivity contribution in [3.8, 4) is 17.0 Å². The predicted molar refractivity (Wildman–Crippen MR) is 98.3 cm³/mol. The molecule has 3 N–H and O–H groups in total. The zero-order valence-corrected chi connectivity index (χ0v) is 15.2.